The van der Waals surface area contributed by atoms with Crippen LogP contribution in [0.15, 0.2) is 18.2 Å². The van der Waals surface area contributed by atoms with E-state index in [4.69, 9.17) is 0 Å². The third kappa shape index (κ3) is 4.54. The van der Waals surface area contributed by atoms with E-state index in [0.29, 0.717) is 18.7 Å². The van der Waals surface area contributed by atoms with Crippen LogP contribution >= 0.6 is 11.8 Å². The number of nitrogens with zero attached hydrogens (tertiary/aromatic N) is 1. The molecular formula is C18H23NO5S. The van der Waals surface area contributed by atoms with Gasteiger partial charge in [0.15, 0.2) is 17.3 Å². The van der Waals surface area contributed by atoms with Crippen molar-refractivity contribution < 1.29 is 24.6 Å². The van der Waals surface area contributed by atoms with Crippen LogP contribution in [0.25, 0.3) is 0 Å². The molecule has 6 nitrogen and oxygen atoms in total. The largest absolute Gasteiger partial charge is 0.504 e. The second-order valence-corrected chi connectivity index (χ2v) is 7.44. The molecule has 1 heterocycles. The average Bonchev–Trinajstić information content (AvgIpc) is 3.06. The van der Waals surface area contributed by atoms with Gasteiger partial charge in [0.1, 0.15) is 6.04 Å². The van der Waals surface area contributed by atoms with E-state index in [1.807, 2.05) is 6.92 Å². The summed E-state index contributed by atoms with van der Waals surface area (Å²) in [6.45, 7) is 4.11. The molecule has 136 valence electrons. The van der Waals surface area contributed by atoms with Gasteiger partial charge in [-0.15, -0.1) is 0 Å². The van der Waals surface area contributed by atoms with Gasteiger partial charge in [-0.3, -0.25) is 14.4 Å². The molecule has 25 heavy (non-hydrogen) atoms. The fourth-order valence-corrected chi connectivity index (χ4v) is 3.70. The summed E-state index contributed by atoms with van der Waals surface area (Å²) in [4.78, 5) is 38.7. The Bertz CT molecular complexity index is 675. The lowest BCUT2D eigenvalue weighted by molar-refractivity contribution is -0.138. The molecule has 1 amide bonds. The van der Waals surface area contributed by atoms with E-state index in [1.165, 1.54) is 30.0 Å². The molecule has 1 aliphatic rings. The molecule has 2 N–H and O–H groups in total. The van der Waals surface area contributed by atoms with Crippen molar-refractivity contribution in [1.29, 1.82) is 0 Å². The van der Waals surface area contributed by atoms with E-state index in [1.54, 1.807) is 11.8 Å². The van der Waals surface area contributed by atoms with Gasteiger partial charge in [-0.2, -0.15) is 0 Å². The standard InChI is InChI=1S/C18H23NO5S/c1-3-25-18(24)13-5-4-8-19(13)17(23)11(2)9-15(21)12-6-7-14(20)16(22)10-12/h6-7,10-11,13,20,22H,3-5,8-9H2,1-2H3. The quantitative estimate of drug-likeness (QED) is 0.594. The molecule has 0 spiro atoms. The molecule has 0 aliphatic carbocycles. The molecule has 0 radical (unpaired) electrons. The Morgan fingerprint density at radius 3 is 2.64 bits per heavy atom. The summed E-state index contributed by atoms with van der Waals surface area (Å²) in [7, 11) is 0. The number of aromatic hydroxyl groups is 2. The number of ketones is 1. The van der Waals surface area contributed by atoms with Crippen LogP contribution in [-0.2, 0) is 9.59 Å². The first-order valence-electron chi connectivity index (χ1n) is 8.37. The highest BCUT2D eigenvalue weighted by Gasteiger charge is 2.36. The number of Topliss-reactive ketones (excluding diaryl/α,β-unsaturated/α-hetero) is 1. The molecule has 2 unspecified atom stereocenters. The Morgan fingerprint density at radius 2 is 2.00 bits per heavy atom. The number of rotatable bonds is 6. The fraction of sp³-hybridized carbons (Fsp3) is 0.500. The average molecular weight is 365 g/mol. The number of likely N-dealkylation sites (tertiary alicyclic amines) is 1. The maximum Gasteiger partial charge on any atom is 0.226 e. The zero-order valence-electron chi connectivity index (χ0n) is 14.4. The number of thioether (sulfide) groups is 1. The Morgan fingerprint density at radius 1 is 1.28 bits per heavy atom. The number of phenolic OH excluding ortho intramolecular Hbond substituents is 2. The van der Waals surface area contributed by atoms with Gasteiger partial charge in [-0.1, -0.05) is 25.6 Å². The van der Waals surface area contributed by atoms with Gasteiger partial charge in [-0.05, 0) is 36.8 Å². The normalized spacial score (nSPS) is 18.2. The molecule has 0 saturated carbocycles. The van der Waals surface area contributed by atoms with Crippen LogP contribution in [0.5, 0.6) is 11.5 Å². The summed E-state index contributed by atoms with van der Waals surface area (Å²) in [5, 5.41) is 18.8. The number of phenols is 2. The van der Waals surface area contributed by atoms with E-state index >= 15 is 0 Å². The molecule has 7 heteroatoms. The van der Waals surface area contributed by atoms with Gasteiger partial charge in [-0.25, -0.2) is 0 Å². The molecular weight excluding hydrogens is 342 g/mol. The second-order valence-electron chi connectivity index (χ2n) is 6.17. The Labute approximate surface area is 151 Å². The number of hydrogen-bond acceptors (Lipinski definition) is 6. The SMILES string of the molecule is CCSC(=O)C1CCCN1C(=O)C(C)CC(=O)c1ccc(O)c(O)c1. The van der Waals surface area contributed by atoms with Crippen LogP contribution in [0.3, 0.4) is 0 Å². The van der Waals surface area contributed by atoms with Crippen molar-refractivity contribution in [3.05, 3.63) is 23.8 Å². The predicted molar refractivity (Wildman–Crippen MR) is 95.8 cm³/mol. The van der Waals surface area contributed by atoms with Gasteiger partial charge >= 0.3 is 0 Å². The van der Waals surface area contributed by atoms with Gasteiger partial charge in [0, 0.05) is 24.4 Å². The molecule has 1 fully saturated rings. The summed E-state index contributed by atoms with van der Waals surface area (Å²) in [6.07, 6.45) is 1.45. The van der Waals surface area contributed by atoms with Crippen LogP contribution in [0.2, 0.25) is 0 Å². The second kappa shape index (κ2) is 8.38. The monoisotopic (exact) mass is 365 g/mol. The molecule has 1 aromatic rings. The zero-order chi connectivity index (χ0) is 18.6. The van der Waals surface area contributed by atoms with Crippen molar-refractivity contribution in [1.82, 2.24) is 4.90 Å². The highest BCUT2D eigenvalue weighted by molar-refractivity contribution is 8.13. The maximum atomic E-state index is 12.7. The van der Waals surface area contributed by atoms with Crippen LogP contribution in [0.4, 0.5) is 0 Å². The first kappa shape index (κ1) is 19.3. The van der Waals surface area contributed by atoms with Crippen molar-refractivity contribution in [3.8, 4) is 11.5 Å². The topological polar surface area (TPSA) is 94.9 Å². The number of benzene rings is 1. The zero-order valence-corrected chi connectivity index (χ0v) is 15.2. The van der Waals surface area contributed by atoms with E-state index in [0.717, 1.165) is 6.42 Å². The predicted octanol–water partition coefficient (Wildman–Crippen LogP) is 2.58. The molecule has 1 aliphatic heterocycles. The van der Waals surface area contributed by atoms with Crippen LogP contribution in [0.1, 0.15) is 43.5 Å². The first-order valence-corrected chi connectivity index (χ1v) is 9.36. The maximum absolute atomic E-state index is 12.7. The van der Waals surface area contributed by atoms with E-state index in [9.17, 15) is 24.6 Å². The number of carbonyl (C=O) groups excluding carboxylic acids is 3. The van der Waals surface area contributed by atoms with Crippen molar-refractivity contribution in [2.75, 3.05) is 12.3 Å². The molecule has 1 aromatic carbocycles. The van der Waals surface area contributed by atoms with Gasteiger partial charge in [0.05, 0.1) is 0 Å². The summed E-state index contributed by atoms with van der Waals surface area (Å²) in [5.41, 5.74) is 0.241. The third-order valence-electron chi connectivity index (χ3n) is 4.31. The minimum atomic E-state index is -0.552. The fourth-order valence-electron chi connectivity index (χ4n) is 2.98. The Hall–Kier alpha value is -2.02. The summed E-state index contributed by atoms with van der Waals surface area (Å²) in [5.74, 6) is -1.02. The molecule has 2 atom stereocenters. The summed E-state index contributed by atoms with van der Waals surface area (Å²) in [6, 6.07) is 3.45. The molecule has 0 aromatic heterocycles. The van der Waals surface area contributed by atoms with Crippen molar-refractivity contribution in [2.45, 2.75) is 39.2 Å². The lowest BCUT2D eigenvalue weighted by Crippen LogP contribution is -2.42. The van der Waals surface area contributed by atoms with E-state index in [-0.39, 0.29) is 40.3 Å². The van der Waals surface area contributed by atoms with Crippen LogP contribution < -0.4 is 0 Å². The summed E-state index contributed by atoms with van der Waals surface area (Å²) >= 11 is 1.22. The first-order chi connectivity index (χ1) is 11.8. The molecule has 0 bridgehead atoms. The van der Waals surface area contributed by atoms with Crippen LogP contribution in [0, 0.1) is 5.92 Å². The highest BCUT2D eigenvalue weighted by atomic mass is 32.2. The van der Waals surface area contributed by atoms with Gasteiger partial charge in [0.2, 0.25) is 11.0 Å². The van der Waals surface area contributed by atoms with E-state index in [2.05, 4.69) is 0 Å². The Balaban J connectivity index is 2.02. The van der Waals surface area contributed by atoms with Crippen LogP contribution in [-0.4, -0.2) is 50.3 Å². The number of carbonyl (C=O) groups is 3. The number of hydrogen-bond donors (Lipinski definition) is 2. The van der Waals surface area contributed by atoms with Gasteiger partial charge < -0.3 is 15.1 Å². The van der Waals surface area contributed by atoms with E-state index < -0.39 is 12.0 Å². The lowest BCUT2D eigenvalue weighted by atomic mass is 9.98. The Kier molecular flexibility index (Phi) is 6.47. The highest BCUT2D eigenvalue weighted by Crippen LogP contribution is 2.28. The molecule has 2 rings (SSSR count). The minimum Gasteiger partial charge on any atom is -0.504 e. The summed E-state index contributed by atoms with van der Waals surface area (Å²) < 4.78 is 0. The minimum absolute atomic E-state index is 0.00957. The van der Waals surface area contributed by atoms with Crippen molar-refractivity contribution >= 4 is 28.6 Å². The smallest absolute Gasteiger partial charge is 0.226 e. The van der Waals surface area contributed by atoms with Gasteiger partial charge in [0.25, 0.3) is 0 Å². The molecule has 1 saturated heterocycles. The number of amides is 1. The van der Waals surface area contributed by atoms with Crippen molar-refractivity contribution in [3.63, 3.8) is 0 Å². The lowest BCUT2D eigenvalue weighted by Gasteiger charge is -2.26. The third-order valence-corrected chi connectivity index (χ3v) is 5.15. The van der Waals surface area contributed by atoms with Crippen molar-refractivity contribution in [2.24, 2.45) is 5.92 Å².